The molecule has 0 radical (unpaired) electrons. The average molecular weight is 307 g/mol. The first kappa shape index (κ1) is 15.7. The van der Waals surface area contributed by atoms with Crippen molar-refractivity contribution in [2.45, 2.75) is 31.3 Å². The van der Waals surface area contributed by atoms with E-state index in [2.05, 4.69) is 10.4 Å². The van der Waals surface area contributed by atoms with Gasteiger partial charge < -0.3 is 5.32 Å². The predicted molar refractivity (Wildman–Crippen MR) is 82.9 cm³/mol. The molecule has 1 atom stereocenters. The lowest BCUT2D eigenvalue weighted by Gasteiger charge is -2.14. The molecule has 0 unspecified atom stereocenters. The summed E-state index contributed by atoms with van der Waals surface area (Å²) in [5.41, 5.74) is 1.12. The summed E-state index contributed by atoms with van der Waals surface area (Å²) in [7, 11) is -3.21. The first-order chi connectivity index (χ1) is 9.97. The van der Waals surface area contributed by atoms with Gasteiger partial charge in [-0.15, -0.1) is 0 Å². The van der Waals surface area contributed by atoms with E-state index in [4.69, 9.17) is 0 Å². The second kappa shape index (κ2) is 6.87. The van der Waals surface area contributed by atoms with Crippen molar-refractivity contribution in [3.05, 3.63) is 48.3 Å². The number of benzene rings is 1. The summed E-state index contributed by atoms with van der Waals surface area (Å²) in [6, 6.07) is 8.71. The number of nitrogens with one attached hydrogen (secondary N) is 1. The molecule has 114 valence electrons. The number of hydrogen-bond acceptors (Lipinski definition) is 4. The smallest absolute Gasteiger partial charge is 0.179 e. The fourth-order valence-corrected chi connectivity index (χ4v) is 3.29. The highest BCUT2D eigenvalue weighted by Gasteiger charge is 2.14. The van der Waals surface area contributed by atoms with Crippen LogP contribution in [-0.2, 0) is 16.4 Å². The lowest BCUT2D eigenvalue weighted by atomic mass is 10.3. The first-order valence-electron chi connectivity index (χ1n) is 6.97. The second-order valence-corrected chi connectivity index (χ2v) is 7.34. The van der Waals surface area contributed by atoms with E-state index in [1.807, 2.05) is 37.0 Å². The average Bonchev–Trinajstić information content (AvgIpc) is 2.85. The zero-order valence-corrected chi connectivity index (χ0v) is 13.2. The molecular formula is C15H21N3O2S. The van der Waals surface area contributed by atoms with Crippen molar-refractivity contribution < 1.29 is 8.42 Å². The Morgan fingerprint density at radius 2 is 2.00 bits per heavy atom. The summed E-state index contributed by atoms with van der Waals surface area (Å²) in [6.07, 6.45) is 3.78. The third kappa shape index (κ3) is 4.68. The molecule has 0 saturated carbocycles. The summed E-state index contributed by atoms with van der Waals surface area (Å²) in [4.78, 5) is 0.377. The quantitative estimate of drug-likeness (QED) is 0.844. The molecule has 6 heteroatoms. The minimum atomic E-state index is -3.21. The summed E-state index contributed by atoms with van der Waals surface area (Å²) < 4.78 is 26.1. The van der Waals surface area contributed by atoms with Crippen LogP contribution in [0.1, 0.15) is 12.5 Å². The first-order valence-corrected chi connectivity index (χ1v) is 8.63. The molecule has 0 aliphatic rings. The van der Waals surface area contributed by atoms with E-state index in [9.17, 15) is 8.42 Å². The van der Waals surface area contributed by atoms with Crippen molar-refractivity contribution in [1.29, 1.82) is 0 Å². The van der Waals surface area contributed by atoms with Crippen LogP contribution in [0.25, 0.3) is 0 Å². The Kier molecular flexibility index (Phi) is 5.14. The fraction of sp³-hybridized carbons (Fsp3) is 0.400. The maximum Gasteiger partial charge on any atom is 0.179 e. The van der Waals surface area contributed by atoms with Crippen LogP contribution in [0.3, 0.4) is 0 Å². The summed E-state index contributed by atoms with van der Waals surface area (Å²) >= 11 is 0. The largest absolute Gasteiger partial charge is 0.311 e. The Balaban J connectivity index is 1.81. The Morgan fingerprint density at radius 3 is 2.62 bits per heavy atom. The van der Waals surface area contributed by atoms with Gasteiger partial charge in [0.2, 0.25) is 0 Å². The molecule has 0 aliphatic heterocycles. The zero-order valence-electron chi connectivity index (χ0n) is 12.4. The van der Waals surface area contributed by atoms with Gasteiger partial charge in [-0.05, 0) is 31.5 Å². The van der Waals surface area contributed by atoms with Gasteiger partial charge in [0.15, 0.2) is 9.84 Å². The van der Waals surface area contributed by atoms with Gasteiger partial charge in [-0.1, -0.05) is 18.2 Å². The van der Waals surface area contributed by atoms with E-state index >= 15 is 0 Å². The lowest BCUT2D eigenvalue weighted by molar-refractivity contribution is 0.460. The van der Waals surface area contributed by atoms with Gasteiger partial charge in [-0.2, -0.15) is 5.10 Å². The number of aryl methyl sites for hydroxylation is 1. The molecule has 0 bridgehead atoms. The van der Waals surface area contributed by atoms with E-state index < -0.39 is 9.84 Å². The summed E-state index contributed by atoms with van der Waals surface area (Å²) in [5, 5.41) is 7.44. The fourth-order valence-electron chi connectivity index (χ4n) is 2.10. The van der Waals surface area contributed by atoms with Gasteiger partial charge in [0.25, 0.3) is 0 Å². The van der Waals surface area contributed by atoms with Crippen LogP contribution in [0, 0.1) is 6.92 Å². The third-order valence-corrected chi connectivity index (χ3v) is 4.92. The molecular weight excluding hydrogens is 286 g/mol. The molecule has 0 fully saturated rings. The van der Waals surface area contributed by atoms with Crippen LogP contribution >= 0.6 is 0 Å². The third-order valence-electron chi connectivity index (χ3n) is 3.19. The van der Waals surface area contributed by atoms with Gasteiger partial charge in [0, 0.05) is 18.8 Å². The van der Waals surface area contributed by atoms with Crippen LogP contribution in [0.15, 0.2) is 47.6 Å². The van der Waals surface area contributed by atoms with Gasteiger partial charge in [-0.3, -0.25) is 4.68 Å². The Morgan fingerprint density at radius 1 is 1.29 bits per heavy atom. The molecule has 1 aromatic heterocycles. The number of nitrogens with zero attached hydrogens (tertiary/aromatic N) is 2. The molecule has 21 heavy (non-hydrogen) atoms. The molecule has 0 aliphatic carbocycles. The summed E-state index contributed by atoms with van der Waals surface area (Å²) in [6.45, 7) is 5.16. The highest BCUT2D eigenvalue weighted by molar-refractivity contribution is 7.91. The Labute approximate surface area is 125 Å². The molecule has 1 heterocycles. The number of sulfone groups is 1. The maximum atomic E-state index is 12.1. The van der Waals surface area contributed by atoms with Gasteiger partial charge in [0.05, 0.1) is 23.4 Å². The number of hydrogen-bond donors (Lipinski definition) is 1. The second-order valence-electron chi connectivity index (χ2n) is 5.23. The van der Waals surface area contributed by atoms with Crippen molar-refractivity contribution in [3.63, 3.8) is 0 Å². The van der Waals surface area contributed by atoms with Crippen LogP contribution in [-0.4, -0.2) is 36.5 Å². The van der Waals surface area contributed by atoms with E-state index in [0.29, 0.717) is 11.4 Å². The standard InChI is InChI=1S/C15H21N3O2S/c1-13-10-17-18(11-13)12-14(2)16-8-9-21(19,20)15-6-4-3-5-7-15/h3-7,10-11,14,16H,8-9,12H2,1-2H3/t14-/m0/s1. The normalized spacial score (nSPS) is 13.2. The van der Waals surface area contributed by atoms with E-state index in [-0.39, 0.29) is 11.8 Å². The summed E-state index contributed by atoms with van der Waals surface area (Å²) in [5.74, 6) is 0.0967. The maximum absolute atomic E-state index is 12.1. The molecule has 0 saturated heterocycles. The van der Waals surface area contributed by atoms with Crippen molar-refractivity contribution >= 4 is 9.84 Å². The lowest BCUT2D eigenvalue weighted by Crippen LogP contribution is -2.34. The van der Waals surface area contributed by atoms with Crippen molar-refractivity contribution in [3.8, 4) is 0 Å². The molecule has 2 aromatic rings. The molecule has 5 nitrogen and oxygen atoms in total. The molecule has 0 spiro atoms. The van der Waals surface area contributed by atoms with Gasteiger partial charge in [0.1, 0.15) is 0 Å². The molecule has 1 aromatic carbocycles. The number of aromatic nitrogens is 2. The van der Waals surface area contributed by atoms with Crippen molar-refractivity contribution in [2.24, 2.45) is 0 Å². The number of rotatable bonds is 7. The monoisotopic (exact) mass is 307 g/mol. The SMILES string of the molecule is Cc1cnn(C[C@H](C)NCCS(=O)(=O)c2ccccc2)c1. The van der Waals surface area contributed by atoms with Crippen LogP contribution in [0.5, 0.6) is 0 Å². The van der Waals surface area contributed by atoms with Crippen molar-refractivity contribution in [2.75, 3.05) is 12.3 Å². The topological polar surface area (TPSA) is 64.0 Å². The van der Waals surface area contributed by atoms with Crippen LogP contribution in [0.4, 0.5) is 0 Å². The molecule has 1 N–H and O–H groups in total. The van der Waals surface area contributed by atoms with Crippen LogP contribution < -0.4 is 5.32 Å². The van der Waals surface area contributed by atoms with E-state index in [1.165, 1.54) is 0 Å². The highest BCUT2D eigenvalue weighted by Crippen LogP contribution is 2.09. The minimum absolute atomic E-state index is 0.0967. The minimum Gasteiger partial charge on any atom is -0.311 e. The van der Waals surface area contributed by atoms with E-state index in [0.717, 1.165) is 12.1 Å². The Hall–Kier alpha value is -1.66. The molecule has 2 rings (SSSR count). The van der Waals surface area contributed by atoms with Gasteiger partial charge >= 0.3 is 0 Å². The molecule has 0 amide bonds. The highest BCUT2D eigenvalue weighted by atomic mass is 32.2. The van der Waals surface area contributed by atoms with Gasteiger partial charge in [-0.25, -0.2) is 8.42 Å². The predicted octanol–water partition coefficient (Wildman–Crippen LogP) is 1.64. The van der Waals surface area contributed by atoms with Crippen LogP contribution in [0.2, 0.25) is 0 Å². The van der Waals surface area contributed by atoms with Crippen molar-refractivity contribution in [1.82, 2.24) is 15.1 Å². The van der Waals surface area contributed by atoms with E-state index in [1.54, 1.807) is 24.3 Å². The zero-order chi connectivity index (χ0) is 15.3. The Bertz CT molecular complexity index is 665.